The summed E-state index contributed by atoms with van der Waals surface area (Å²) in [6.45, 7) is 5.12. The summed E-state index contributed by atoms with van der Waals surface area (Å²) < 4.78 is 10.7. The van der Waals surface area contributed by atoms with Crippen molar-refractivity contribution in [2.24, 2.45) is 11.3 Å². The van der Waals surface area contributed by atoms with E-state index in [1.165, 1.54) is 0 Å². The van der Waals surface area contributed by atoms with Gasteiger partial charge in [0, 0.05) is 24.3 Å². The van der Waals surface area contributed by atoms with Crippen LogP contribution in [0.15, 0.2) is 12.2 Å². The molecular weight excluding hydrogens is 234 g/mol. The molecule has 94 valence electrons. The molecule has 2 saturated carbocycles. The van der Waals surface area contributed by atoms with Gasteiger partial charge in [-0.15, -0.1) is 0 Å². The average molecular weight is 247 g/mol. The van der Waals surface area contributed by atoms with Crippen LogP contribution in [0.25, 0.3) is 0 Å². The van der Waals surface area contributed by atoms with Crippen molar-refractivity contribution in [3.05, 3.63) is 12.2 Å². The zero-order chi connectivity index (χ0) is 13.1. The SMILES string of the molecule is C=C(C)C(=O)OC12CC3OC(=O)C(C#N)(C1)C3C2. The van der Waals surface area contributed by atoms with Gasteiger partial charge in [0.05, 0.1) is 6.07 Å². The average Bonchev–Trinajstić information content (AvgIpc) is 2.84. The van der Waals surface area contributed by atoms with Crippen molar-refractivity contribution >= 4 is 11.9 Å². The first-order valence-corrected chi connectivity index (χ1v) is 5.94. The quantitative estimate of drug-likeness (QED) is 0.539. The molecule has 0 aromatic rings. The maximum absolute atomic E-state index is 11.8. The first kappa shape index (κ1) is 11.3. The van der Waals surface area contributed by atoms with Crippen molar-refractivity contribution in [2.45, 2.75) is 37.9 Å². The molecule has 5 heteroatoms. The Morgan fingerprint density at radius 3 is 2.89 bits per heavy atom. The molecule has 3 fully saturated rings. The highest BCUT2D eigenvalue weighted by Gasteiger charge is 2.74. The lowest BCUT2D eigenvalue weighted by atomic mass is 9.75. The zero-order valence-electron chi connectivity index (χ0n) is 10.1. The fourth-order valence-corrected chi connectivity index (χ4v) is 3.56. The van der Waals surface area contributed by atoms with Crippen molar-refractivity contribution in [1.82, 2.24) is 0 Å². The highest BCUT2D eigenvalue weighted by Crippen LogP contribution is 2.64. The minimum Gasteiger partial charge on any atom is -0.461 e. The van der Waals surface area contributed by atoms with Crippen LogP contribution < -0.4 is 0 Å². The minimum absolute atomic E-state index is 0.132. The first-order valence-electron chi connectivity index (χ1n) is 5.94. The Morgan fingerprint density at radius 1 is 1.61 bits per heavy atom. The smallest absolute Gasteiger partial charge is 0.333 e. The molecule has 2 aliphatic carbocycles. The molecule has 1 aliphatic heterocycles. The van der Waals surface area contributed by atoms with E-state index in [0.29, 0.717) is 18.4 Å². The lowest BCUT2D eigenvalue weighted by Gasteiger charge is -2.29. The number of carbonyl (C=O) groups excluding carboxylic acids is 2. The number of ether oxygens (including phenoxy) is 2. The van der Waals surface area contributed by atoms with Crippen molar-refractivity contribution in [3.63, 3.8) is 0 Å². The molecule has 0 spiro atoms. The molecule has 0 radical (unpaired) electrons. The second-order valence-corrected chi connectivity index (χ2v) is 5.57. The standard InChI is InChI=1S/C13H13NO4/c1-7(2)10(15)18-12-3-8-9(4-12)17-11(16)13(8,5-12)6-14/h8-9H,1,3-5H2,2H3. The van der Waals surface area contributed by atoms with Gasteiger partial charge in [-0.05, 0) is 13.3 Å². The lowest BCUT2D eigenvalue weighted by molar-refractivity contribution is -0.155. The number of fused-ring (bicyclic) bond motifs is 1. The summed E-state index contributed by atoms with van der Waals surface area (Å²) >= 11 is 0. The molecule has 1 saturated heterocycles. The molecule has 2 bridgehead atoms. The maximum Gasteiger partial charge on any atom is 0.333 e. The number of hydrogen-bond acceptors (Lipinski definition) is 5. The van der Waals surface area contributed by atoms with E-state index in [4.69, 9.17) is 9.47 Å². The number of nitrogens with zero attached hydrogens (tertiary/aromatic N) is 1. The zero-order valence-corrected chi connectivity index (χ0v) is 10.1. The van der Waals surface area contributed by atoms with Gasteiger partial charge in [0.25, 0.3) is 0 Å². The van der Waals surface area contributed by atoms with Crippen LogP contribution >= 0.6 is 0 Å². The van der Waals surface area contributed by atoms with Crippen LogP contribution in [-0.2, 0) is 19.1 Å². The van der Waals surface area contributed by atoms with Crippen LogP contribution in [0.3, 0.4) is 0 Å². The van der Waals surface area contributed by atoms with E-state index in [1.807, 2.05) is 0 Å². The summed E-state index contributed by atoms with van der Waals surface area (Å²) in [5.74, 6) is -1.05. The summed E-state index contributed by atoms with van der Waals surface area (Å²) in [5.41, 5.74) is -1.49. The summed E-state index contributed by atoms with van der Waals surface area (Å²) in [7, 11) is 0. The van der Waals surface area contributed by atoms with Crippen LogP contribution in [0.1, 0.15) is 26.2 Å². The molecule has 3 rings (SSSR count). The number of esters is 2. The van der Waals surface area contributed by atoms with E-state index >= 15 is 0 Å². The topological polar surface area (TPSA) is 76.4 Å². The van der Waals surface area contributed by atoms with E-state index < -0.39 is 23.0 Å². The molecule has 0 aromatic heterocycles. The molecule has 0 amide bonds. The van der Waals surface area contributed by atoms with E-state index in [1.54, 1.807) is 6.92 Å². The van der Waals surface area contributed by atoms with Gasteiger partial charge in [0.1, 0.15) is 11.7 Å². The minimum atomic E-state index is -1.10. The highest BCUT2D eigenvalue weighted by atomic mass is 16.6. The van der Waals surface area contributed by atoms with Crippen molar-refractivity contribution in [3.8, 4) is 6.07 Å². The Kier molecular flexibility index (Phi) is 1.96. The van der Waals surface area contributed by atoms with Crippen LogP contribution in [0, 0.1) is 22.7 Å². The summed E-state index contributed by atoms with van der Waals surface area (Å²) in [5, 5.41) is 9.28. The van der Waals surface area contributed by atoms with Crippen molar-refractivity contribution in [2.75, 3.05) is 0 Å². The summed E-state index contributed by atoms with van der Waals surface area (Å²) in [6, 6.07) is 2.09. The Labute approximate surface area is 104 Å². The predicted molar refractivity (Wildman–Crippen MR) is 58.9 cm³/mol. The van der Waals surface area contributed by atoms with Crippen molar-refractivity contribution < 1.29 is 19.1 Å². The molecule has 18 heavy (non-hydrogen) atoms. The van der Waals surface area contributed by atoms with Crippen LogP contribution in [0.2, 0.25) is 0 Å². The van der Waals surface area contributed by atoms with Gasteiger partial charge in [-0.2, -0.15) is 5.26 Å². The van der Waals surface area contributed by atoms with Gasteiger partial charge >= 0.3 is 11.9 Å². The van der Waals surface area contributed by atoms with E-state index in [9.17, 15) is 14.9 Å². The third kappa shape index (κ3) is 1.15. The second kappa shape index (κ2) is 3.14. The van der Waals surface area contributed by atoms with Gasteiger partial charge in [0.15, 0.2) is 5.41 Å². The van der Waals surface area contributed by atoms with Crippen LogP contribution in [0.4, 0.5) is 0 Å². The van der Waals surface area contributed by atoms with E-state index in [0.717, 1.165) is 0 Å². The third-order valence-electron chi connectivity index (χ3n) is 4.33. The van der Waals surface area contributed by atoms with Crippen LogP contribution in [-0.4, -0.2) is 23.6 Å². The highest BCUT2D eigenvalue weighted by molar-refractivity contribution is 5.88. The number of hydrogen-bond donors (Lipinski definition) is 0. The van der Waals surface area contributed by atoms with Gasteiger partial charge in [-0.1, -0.05) is 6.58 Å². The molecule has 4 unspecified atom stereocenters. The Hall–Kier alpha value is -1.83. The third-order valence-corrected chi connectivity index (χ3v) is 4.33. The largest absolute Gasteiger partial charge is 0.461 e. The Bertz CT molecular complexity index is 520. The predicted octanol–water partition coefficient (Wildman–Crippen LogP) is 1.09. The molecule has 5 nitrogen and oxygen atoms in total. The summed E-state index contributed by atoms with van der Waals surface area (Å²) in [6.07, 6.45) is 1.03. The molecule has 0 aromatic carbocycles. The Balaban J connectivity index is 1.92. The molecule has 4 atom stereocenters. The van der Waals surface area contributed by atoms with Gasteiger partial charge in [-0.25, -0.2) is 4.79 Å². The fraction of sp³-hybridized carbons (Fsp3) is 0.615. The van der Waals surface area contributed by atoms with Gasteiger partial charge in [-0.3, -0.25) is 4.79 Å². The normalized spacial score (nSPS) is 43.4. The Morgan fingerprint density at radius 2 is 2.33 bits per heavy atom. The van der Waals surface area contributed by atoms with Gasteiger partial charge < -0.3 is 9.47 Å². The van der Waals surface area contributed by atoms with Crippen molar-refractivity contribution in [1.29, 1.82) is 5.26 Å². The summed E-state index contributed by atoms with van der Waals surface area (Å²) in [4.78, 5) is 23.5. The van der Waals surface area contributed by atoms with E-state index in [-0.39, 0.29) is 18.4 Å². The fourth-order valence-electron chi connectivity index (χ4n) is 3.56. The number of nitriles is 1. The van der Waals surface area contributed by atoms with E-state index in [2.05, 4.69) is 12.6 Å². The lowest BCUT2D eigenvalue weighted by Crippen LogP contribution is -2.38. The molecular formula is C13H13NO4. The number of rotatable bonds is 2. The number of carbonyl (C=O) groups is 2. The second-order valence-electron chi connectivity index (χ2n) is 5.57. The van der Waals surface area contributed by atoms with Crippen LogP contribution in [0.5, 0.6) is 0 Å². The van der Waals surface area contributed by atoms with Gasteiger partial charge in [0.2, 0.25) is 0 Å². The monoisotopic (exact) mass is 247 g/mol. The molecule has 0 N–H and O–H groups in total. The first-order chi connectivity index (χ1) is 8.42. The molecule has 3 aliphatic rings. The maximum atomic E-state index is 11.8. The molecule has 1 heterocycles.